The minimum Gasteiger partial charge on any atom is -0.388 e. The summed E-state index contributed by atoms with van der Waals surface area (Å²) in [5.41, 5.74) is 0. The van der Waals surface area contributed by atoms with Gasteiger partial charge in [0.25, 0.3) is 0 Å². The number of aliphatic hydroxyl groups is 3. The highest BCUT2D eigenvalue weighted by Crippen LogP contribution is 2.17. The second-order valence-corrected chi connectivity index (χ2v) is 2.81. The molecule has 1 aliphatic carbocycles. The number of rotatable bonds is 0. The standard InChI is InChI=1S/C6H9ClO3/c7-3-1-2-4(8)6(10)5(3)9/h1-6,8-10H/t3-,4-,5+,6+/m0/s1. The predicted octanol–water partition coefficient (Wildman–Crippen LogP) is -0.754. The van der Waals surface area contributed by atoms with Gasteiger partial charge in [-0.3, -0.25) is 0 Å². The fourth-order valence-electron chi connectivity index (χ4n) is 0.838. The van der Waals surface area contributed by atoms with Crippen LogP contribution >= 0.6 is 11.6 Å². The molecule has 58 valence electrons. The van der Waals surface area contributed by atoms with Gasteiger partial charge < -0.3 is 15.3 Å². The van der Waals surface area contributed by atoms with E-state index >= 15 is 0 Å². The predicted molar refractivity (Wildman–Crippen MR) is 36.8 cm³/mol. The summed E-state index contributed by atoms with van der Waals surface area (Å²) in [4.78, 5) is 0. The summed E-state index contributed by atoms with van der Waals surface area (Å²) in [7, 11) is 0. The average Bonchev–Trinajstić information content (AvgIpc) is 1.93. The molecule has 3 N–H and O–H groups in total. The molecule has 0 aliphatic heterocycles. The topological polar surface area (TPSA) is 60.7 Å². The van der Waals surface area contributed by atoms with Gasteiger partial charge in [-0.1, -0.05) is 12.2 Å². The van der Waals surface area contributed by atoms with E-state index in [1.165, 1.54) is 12.2 Å². The van der Waals surface area contributed by atoms with Gasteiger partial charge in [-0.05, 0) is 0 Å². The fourth-order valence-corrected chi connectivity index (χ4v) is 1.07. The lowest BCUT2D eigenvalue weighted by Gasteiger charge is -2.26. The lowest BCUT2D eigenvalue weighted by Crippen LogP contribution is -2.44. The van der Waals surface area contributed by atoms with Crippen LogP contribution in [-0.2, 0) is 0 Å². The van der Waals surface area contributed by atoms with E-state index in [9.17, 15) is 0 Å². The zero-order valence-electron chi connectivity index (χ0n) is 5.18. The average molecular weight is 165 g/mol. The molecule has 4 atom stereocenters. The van der Waals surface area contributed by atoms with Gasteiger partial charge >= 0.3 is 0 Å². The van der Waals surface area contributed by atoms with Crippen LogP contribution in [0.5, 0.6) is 0 Å². The van der Waals surface area contributed by atoms with Gasteiger partial charge in [0.05, 0.1) is 5.38 Å². The minimum absolute atomic E-state index is 0.599. The zero-order valence-corrected chi connectivity index (χ0v) is 5.94. The second kappa shape index (κ2) is 2.88. The smallest absolute Gasteiger partial charge is 0.111 e. The molecule has 0 radical (unpaired) electrons. The van der Waals surface area contributed by atoms with Gasteiger partial charge in [0.15, 0.2) is 0 Å². The Labute approximate surface area is 63.6 Å². The van der Waals surface area contributed by atoms with Gasteiger partial charge in [-0.25, -0.2) is 0 Å². The van der Waals surface area contributed by atoms with Crippen LogP contribution in [0.15, 0.2) is 12.2 Å². The molecule has 0 unspecified atom stereocenters. The van der Waals surface area contributed by atoms with Gasteiger partial charge in [-0.2, -0.15) is 0 Å². The highest BCUT2D eigenvalue weighted by molar-refractivity contribution is 6.22. The third-order valence-electron chi connectivity index (χ3n) is 1.52. The molecule has 0 fully saturated rings. The SMILES string of the molecule is O[C@H]1[C@H](O)[C@@H](Cl)C=C[C@@H]1O. The maximum Gasteiger partial charge on any atom is 0.111 e. The monoisotopic (exact) mass is 164 g/mol. The Bertz CT molecular complexity index is 132. The van der Waals surface area contributed by atoms with Crippen molar-refractivity contribution in [1.29, 1.82) is 0 Å². The van der Waals surface area contributed by atoms with E-state index in [1.807, 2.05) is 0 Å². The first-order chi connectivity index (χ1) is 4.63. The van der Waals surface area contributed by atoms with Crippen molar-refractivity contribution >= 4 is 11.6 Å². The summed E-state index contributed by atoms with van der Waals surface area (Å²) in [6, 6.07) is 0. The van der Waals surface area contributed by atoms with E-state index in [1.54, 1.807) is 0 Å². The molecule has 0 saturated carbocycles. The summed E-state index contributed by atoms with van der Waals surface area (Å²) in [6.07, 6.45) is -0.391. The first kappa shape index (κ1) is 8.01. The summed E-state index contributed by atoms with van der Waals surface area (Å²) >= 11 is 5.52. The fraction of sp³-hybridized carbons (Fsp3) is 0.667. The van der Waals surface area contributed by atoms with E-state index in [0.717, 1.165) is 0 Å². The zero-order chi connectivity index (χ0) is 7.72. The van der Waals surface area contributed by atoms with Gasteiger partial charge in [0.1, 0.15) is 18.3 Å². The molecule has 0 amide bonds. The van der Waals surface area contributed by atoms with Crippen LogP contribution < -0.4 is 0 Å². The summed E-state index contributed by atoms with van der Waals surface area (Å²) in [5.74, 6) is 0. The van der Waals surface area contributed by atoms with E-state index in [0.29, 0.717) is 0 Å². The van der Waals surface area contributed by atoms with Crippen molar-refractivity contribution in [3.63, 3.8) is 0 Å². The van der Waals surface area contributed by atoms with Crippen molar-refractivity contribution in [2.75, 3.05) is 0 Å². The molecule has 1 aliphatic rings. The van der Waals surface area contributed by atoms with Gasteiger partial charge in [0, 0.05) is 0 Å². The molecule has 10 heavy (non-hydrogen) atoms. The first-order valence-electron chi connectivity index (χ1n) is 2.99. The molecular weight excluding hydrogens is 156 g/mol. The van der Waals surface area contributed by atoms with E-state index in [4.69, 9.17) is 26.9 Å². The Morgan fingerprint density at radius 3 is 2.10 bits per heavy atom. The quantitative estimate of drug-likeness (QED) is 0.326. The van der Waals surface area contributed by atoms with Crippen molar-refractivity contribution in [2.45, 2.75) is 23.7 Å². The lowest BCUT2D eigenvalue weighted by atomic mass is 9.99. The van der Waals surface area contributed by atoms with E-state index in [-0.39, 0.29) is 0 Å². The van der Waals surface area contributed by atoms with Crippen molar-refractivity contribution < 1.29 is 15.3 Å². The Kier molecular flexibility index (Phi) is 2.31. The molecule has 0 spiro atoms. The summed E-state index contributed by atoms with van der Waals surface area (Å²) < 4.78 is 0. The molecule has 3 nitrogen and oxygen atoms in total. The Hall–Kier alpha value is -0.0900. The molecule has 0 bridgehead atoms. The van der Waals surface area contributed by atoms with Gasteiger partial charge in [0.2, 0.25) is 0 Å². The minimum atomic E-state index is -1.16. The highest BCUT2D eigenvalue weighted by Gasteiger charge is 2.31. The molecule has 0 aromatic heterocycles. The Morgan fingerprint density at radius 2 is 1.60 bits per heavy atom. The number of aliphatic hydroxyl groups excluding tert-OH is 3. The molecule has 0 aromatic rings. The van der Waals surface area contributed by atoms with Crippen molar-refractivity contribution in [2.24, 2.45) is 0 Å². The number of hydrogen-bond donors (Lipinski definition) is 3. The normalized spacial score (nSPS) is 47.6. The van der Waals surface area contributed by atoms with Gasteiger partial charge in [-0.15, -0.1) is 11.6 Å². The molecule has 0 saturated heterocycles. The second-order valence-electron chi connectivity index (χ2n) is 2.30. The van der Waals surface area contributed by atoms with Crippen molar-refractivity contribution in [3.05, 3.63) is 12.2 Å². The van der Waals surface area contributed by atoms with Crippen LogP contribution in [0, 0.1) is 0 Å². The van der Waals surface area contributed by atoms with Crippen LogP contribution in [0.4, 0.5) is 0 Å². The summed E-state index contributed by atoms with van der Waals surface area (Å²) in [6.45, 7) is 0. The maximum absolute atomic E-state index is 9.02. The third kappa shape index (κ3) is 1.32. The van der Waals surface area contributed by atoms with Crippen LogP contribution in [0.2, 0.25) is 0 Å². The summed E-state index contributed by atoms with van der Waals surface area (Å²) in [5, 5.41) is 26.3. The van der Waals surface area contributed by atoms with E-state index in [2.05, 4.69) is 0 Å². The molecule has 4 heteroatoms. The largest absolute Gasteiger partial charge is 0.388 e. The number of alkyl halides is 1. The van der Waals surface area contributed by atoms with Crippen LogP contribution in [-0.4, -0.2) is 39.0 Å². The van der Waals surface area contributed by atoms with Crippen LogP contribution in [0.1, 0.15) is 0 Å². The van der Waals surface area contributed by atoms with Crippen molar-refractivity contribution in [1.82, 2.24) is 0 Å². The highest BCUT2D eigenvalue weighted by atomic mass is 35.5. The molecule has 0 aromatic carbocycles. The maximum atomic E-state index is 9.02. The lowest BCUT2D eigenvalue weighted by molar-refractivity contribution is -0.0437. The first-order valence-corrected chi connectivity index (χ1v) is 3.43. The number of halogens is 1. The molecule has 0 heterocycles. The number of hydrogen-bond acceptors (Lipinski definition) is 3. The van der Waals surface area contributed by atoms with Crippen LogP contribution in [0.25, 0.3) is 0 Å². The van der Waals surface area contributed by atoms with E-state index < -0.39 is 23.7 Å². The third-order valence-corrected chi connectivity index (χ3v) is 1.92. The Morgan fingerprint density at radius 1 is 1.00 bits per heavy atom. The Balaban J connectivity index is 2.69. The van der Waals surface area contributed by atoms with Crippen LogP contribution in [0.3, 0.4) is 0 Å². The van der Waals surface area contributed by atoms with Crippen molar-refractivity contribution in [3.8, 4) is 0 Å². The molecular formula is C6H9ClO3. The molecule has 1 rings (SSSR count).